The summed E-state index contributed by atoms with van der Waals surface area (Å²) < 4.78 is 0. The summed E-state index contributed by atoms with van der Waals surface area (Å²) in [6, 6.07) is 0.478. The van der Waals surface area contributed by atoms with Gasteiger partial charge in [-0.1, -0.05) is 31.0 Å². The summed E-state index contributed by atoms with van der Waals surface area (Å²) in [6.07, 6.45) is 7.04. The van der Waals surface area contributed by atoms with Gasteiger partial charge in [0.2, 0.25) is 0 Å². The van der Waals surface area contributed by atoms with Gasteiger partial charge in [0.15, 0.2) is 5.17 Å². The Bertz CT molecular complexity index is 295. The van der Waals surface area contributed by atoms with Crippen LogP contribution in [0.3, 0.4) is 0 Å². The normalized spacial score (nSPS) is 25.0. The molecule has 18 heavy (non-hydrogen) atoms. The van der Waals surface area contributed by atoms with Crippen LogP contribution in [0, 0.1) is 5.41 Å². The van der Waals surface area contributed by atoms with E-state index in [9.17, 15) is 0 Å². The predicted molar refractivity (Wildman–Crippen MR) is 81.4 cm³/mol. The van der Waals surface area contributed by atoms with Crippen molar-refractivity contribution in [2.45, 2.75) is 45.1 Å². The zero-order valence-electron chi connectivity index (χ0n) is 12.0. The molecule has 1 atom stereocenters. The SMILES string of the molecule is CC(CN(C)C)NC1=NCC2(CCCCC2)CS1. The largest absolute Gasteiger partial charge is 0.361 e. The minimum absolute atomic E-state index is 0.478. The van der Waals surface area contributed by atoms with Crippen LogP contribution >= 0.6 is 11.8 Å². The highest BCUT2D eigenvalue weighted by Gasteiger charge is 2.34. The Morgan fingerprint density at radius 2 is 2.06 bits per heavy atom. The van der Waals surface area contributed by atoms with Crippen LogP contribution in [0.2, 0.25) is 0 Å². The van der Waals surface area contributed by atoms with E-state index in [0.29, 0.717) is 11.5 Å². The molecule has 2 rings (SSSR count). The van der Waals surface area contributed by atoms with Gasteiger partial charge in [0.05, 0.1) is 0 Å². The maximum atomic E-state index is 4.80. The van der Waals surface area contributed by atoms with E-state index >= 15 is 0 Å². The van der Waals surface area contributed by atoms with Gasteiger partial charge in [0, 0.05) is 24.9 Å². The van der Waals surface area contributed by atoms with E-state index < -0.39 is 0 Å². The van der Waals surface area contributed by atoms with Gasteiger partial charge < -0.3 is 10.2 Å². The molecule has 0 amide bonds. The maximum Gasteiger partial charge on any atom is 0.156 e. The summed E-state index contributed by atoms with van der Waals surface area (Å²) in [4.78, 5) is 7.02. The van der Waals surface area contributed by atoms with Crippen LogP contribution in [0.25, 0.3) is 0 Å². The first kappa shape index (κ1) is 14.2. The second kappa shape index (κ2) is 6.29. The molecule has 0 bridgehead atoms. The third-order valence-electron chi connectivity index (χ3n) is 4.00. The summed E-state index contributed by atoms with van der Waals surface area (Å²) in [7, 11) is 4.23. The Labute approximate surface area is 116 Å². The number of thioether (sulfide) groups is 1. The predicted octanol–water partition coefficient (Wildman–Crippen LogP) is 2.58. The van der Waals surface area contributed by atoms with Gasteiger partial charge in [-0.05, 0) is 39.3 Å². The van der Waals surface area contributed by atoms with Crippen LogP contribution in [-0.4, -0.2) is 49.0 Å². The van der Waals surface area contributed by atoms with E-state index in [1.54, 1.807) is 0 Å². The molecule has 1 N–H and O–H groups in total. The van der Waals surface area contributed by atoms with Gasteiger partial charge in [0.25, 0.3) is 0 Å². The van der Waals surface area contributed by atoms with E-state index in [0.717, 1.165) is 13.1 Å². The van der Waals surface area contributed by atoms with Crippen molar-refractivity contribution in [3.63, 3.8) is 0 Å². The molecule has 1 spiro atoms. The molecule has 0 radical (unpaired) electrons. The number of hydrogen-bond acceptors (Lipinski definition) is 4. The van der Waals surface area contributed by atoms with Gasteiger partial charge >= 0.3 is 0 Å². The summed E-state index contributed by atoms with van der Waals surface area (Å²) in [6.45, 7) is 4.34. The molecule has 0 aromatic rings. The Hall–Kier alpha value is -0.220. The lowest BCUT2D eigenvalue weighted by molar-refractivity contribution is 0.232. The Morgan fingerprint density at radius 3 is 2.61 bits per heavy atom. The number of likely N-dealkylation sites (N-methyl/N-ethyl adjacent to an activating group) is 1. The highest BCUT2D eigenvalue weighted by atomic mass is 32.2. The van der Waals surface area contributed by atoms with Gasteiger partial charge in [-0.2, -0.15) is 0 Å². The summed E-state index contributed by atoms with van der Waals surface area (Å²) in [5.41, 5.74) is 0.541. The molecule has 4 heteroatoms. The van der Waals surface area contributed by atoms with Crippen molar-refractivity contribution < 1.29 is 0 Å². The molecule has 1 unspecified atom stereocenters. The average molecular weight is 269 g/mol. The zero-order chi connectivity index (χ0) is 13.0. The highest BCUT2D eigenvalue weighted by Crippen LogP contribution is 2.41. The molecule has 0 aromatic heterocycles. The smallest absolute Gasteiger partial charge is 0.156 e. The number of rotatable bonds is 3. The van der Waals surface area contributed by atoms with Gasteiger partial charge in [-0.25, -0.2) is 0 Å². The highest BCUT2D eigenvalue weighted by molar-refractivity contribution is 8.13. The van der Waals surface area contributed by atoms with Crippen LogP contribution in [0.15, 0.2) is 4.99 Å². The average Bonchev–Trinajstić information content (AvgIpc) is 2.33. The van der Waals surface area contributed by atoms with E-state index in [4.69, 9.17) is 4.99 Å². The molecule has 0 saturated heterocycles. The first-order valence-corrected chi connectivity index (χ1v) is 8.17. The van der Waals surface area contributed by atoms with Crippen molar-refractivity contribution in [1.29, 1.82) is 0 Å². The molecular weight excluding hydrogens is 242 g/mol. The summed E-state index contributed by atoms with van der Waals surface area (Å²) >= 11 is 1.94. The lowest BCUT2D eigenvalue weighted by atomic mass is 9.75. The fraction of sp³-hybridized carbons (Fsp3) is 0.929. The van der Waals surface area contributed by atoms with Crippen molar-refractivity contribution >= 4 is 16.9 Å². The molecule has 1 aliphatic carbocycles. The topological polar surface area (TPSA) is 27.6 Å². The molecule has 104 valence electrons. The monoisotopic (exact) mass is 269 g/mol. The summed E-state index contributed by atoms with van der Waals surface area (Å²) in [5, 5.41) is 4.71. The van der Waals surface area contributed by atoms with Gasteiger partial charge in [0.1, 0.15) is 0 Å². The number of nitrogens with zero attached hydrogens (tertiary/aromatic N) is 2. The number of aliphatic imine (C=N–C) groups is 1. The van der Waals surface area contributed by atoms with Crippen molar-refractivity contribution in [1.82, 2.24) is 10.2 Å². The van der Waals surface area contributed by atoms with Crippen LogP contribution in [0.1, 0.15) is 39.0 Å². The van der Waals surface area contributed by atoms with Crippen LogP contribution in [0.5, 0.6) is 0 Å². The minimum atomic E-state index is 0.478. The second-order valence-electron chi connectivity index (χ2n) is 6.28. The van der Waals surface area contributed by atoms with Crippen LogP contribution < -0.4 is 5.32 Å². The van der Waals surface area contributed by atoms with Crippen LogP contribution in [-0.2, 0) is 0 Å². The first-order valence-electron chi connectivity index (χ1n) is 7.18. The third-order valence-corrected chi connectivity index (χ3v) is 5.27. The van der Waals surface area contributed by atoms with E-state index in [2.05, 4.69) is 31.2 Å². The fourth-order valence-corrected chi connectivity index (χ4v) is 4.31. The molecule has 2 aliphatic rings. The lowest BCUT2D eigenvalue weighted by Gasteiger charge is -2.38. The van der Waals surface area contributed by atoms with Crippen LogP contribution in [0.4, 0.5) is 0 Å². The van der Waals surface area contributed by atoms with E-state index in [-0.39, 0.29) is 0 Å². The van der Waals surface area contributed by atoms with Gasteiger partial charge in [-0.15, -0.1) is 0 Å². The molecular formula is C14H27N3S. The second-order valence-corrected chi connectivity index (χ2v) is 7.24. The fourth-order valence-electron chi connectivity index (χ4n) is 3.05. The molecule has 1 heterocycles. The molecule has 1 aliphatic heterocycles. The molecule has 3 nitrogen and oxygen atoms in total. The van der Waals surface area contributed by atoms with Crippen molar-refractivity contribution in [2.75, 3.05) is 32.9 Å². The van der Waals surface area contributed by atoms with Crippen molar-refractivity contribution in [3.05, 3.63) is 0 Å². The van der Waals surface area contributed by atoms with E-state index in [1.807, 2.05) is 11.8 Å². The molecule has 1 saturated carbocycles. The quantitative estimate of drug-likeness (QED) is 0.853. The Morgan fingerprint density at radius 1 is 1.33 bits per heavy atom. The Balaban J connectivity index is 1.82. The minimum Gasteiger partial charge on any atom is -0.361 e. The zero-order valence-corrected chi connectivity index (χ0v) is 12.9. The number of amidine groups is 1. The standard InChI is InChI=1S/C14H27N3S/c1-12(9-17(2)3)16-13-15-10-14(11-18-13)7-5-4-6-8-14/h12H,4-11H2,1-3H3,(H,15,16). The molecule has 1 fully saturated rings. The number of nitrogens with one attached hydrogen (secondary N) is 1. The van der Waals surface area contributed by atoms with Crippen molar-refractivity contribution in [3.8, 4) is 0 Å². The van der Waals surface area contributed by atoms with Gasteiger partial charge in [-0.3, -0.25) is 4.99 Å². The van der Waals surface area contributed by atoms with E-state index in [1.165, 1.54) is 43.0 Å². The van der Waals surface area contributed by atoms with Crippen molar-refractivity contribution in [2.24, 2.45) is 10.4 Å². The molecule has 0 aromatic carbocycles. The first-order chi connectivity index (χ1) is 8.60. The Kier molecular flexibility index (Phi) is 4.96. The third kappa shape index (κ3) is 3.89. The number of hydrogen-bond donors (Lipinski definition) is 1. The lowest BCUT2D eigenvalue weighted by Crippen LogP contribution is -2.42. The maximum absolute atomic E-state index is 4.80. The summed E-state index contributed by atoms with van der Waals surface area (Å²) in [5.74, 6) is 1.27.